The van der Waals surface area contributed by atoms with Gasteiger partial charge in [0.15, 0.2) is 0 Å². The molecule has 20 heavy (non-hydrogen) atoms. The summed E-state index contributed by atoms with van der Waals surface area (Å²) in [4.78, 5) is 11.8. The van der Waals surface area contributed by atoms with Gasteiger partial charge in [-0.05, 0) is 29.8 Å². The van der Waals surface area contributed by atoms with Crippen molar-refractivity contribution in [3.8, 4) is 0 Å². The summed E-state index contributed by atoms with van der Waals surface area (Å²) in [5.74, 6) is 0.0116. The third-order valence-corrected chi connectivity index (χ3v) is 4.24. The van der Waals surface area contributed by atoms with Crippen molar-refractivity contribution in [1.82, 2.24) is 24.9 Å². The molecule has 2 aromatic rings. The fourth-order valence-electron chi connectivity index (χ4n) is 1.95. The zero-order valence-corrected chi connectivity index (χ0v) is 13.4. The lowest BCUT2D eigenvalue weighted by molar-refractivity contribution is -0.121. The number of aromatic nitrogens is 4. The molecule has 0 bridgehead atoms. The van der Waals surface area contributed by atoms with E-state index in [2.05, 4.69) is 31.4 Å². The number of hydrogen-bond donors (Lipinski definition) is 1. The van der Waals surface area contributed by atoms with Crippen LogP contribution in [0.4, 0.5) is 0 Å². The average molecular weight is 340 g/mol. The Labute approximate surface area is 126 Å². The lowest BCUT2D eigenvalue weighted by atomic mass is 10.3. The van der Waals surface area contributed by atoms with Gasteiger partial charge in [0.2, 0.25) is 5.91 Å². The molecule has 7 heteroatoms. The number of amides is 1. The van der Waals surface area contributed by atoms with Crippen molar-refractivity contribution in [1.29, 1.82) is 0 Å². The fourth-order valence-corrected chi connectivity index (χ4v) is 2.24. The van der Waals surface area contributed by atoms with E-state index in [4.69, 9.17) is 0 Å². The number of carbonyl (C=O) groups is 1. The van der Waals surface area contributed by atoms with Crippen LogP contribution in [0.5, 0.6) is 0 Å². The van der Waals surface area contributed by atoms with Crippen molar-refractivity contribution in [3.05, 3.63) is 33.8 Å². The predicted octanol–water partition coefficient (Wildman–Crippen LogP) is 1.70. The highest BCUT2D eigenvalue weighted by Gasteiger charge is 2.10. The van der Waals surface area contributed by atoms with Gasteiger partial charge >= 0.3 is 0 Å². The first-order chi connectivity index (χ1) is 9.47. The monoisotopic (exact) mass is 339 g/mol. The molecule has 6 nitrogen and oxygen atoms in total. The normalized spacial score (nSPS) is 10.8. The largest absolute Gasteiger partial charge is 0.352 e. The molecule has 0 aliphatic heterocycles. The summed E-state index contributed by atoms with van der Waals surface area (Å²) < 4.78 is 4.58. The van der Waals surface area contributed by atoms with Crippen LogP contribution < -0.4 is 5.32 Å². The van der Waals surface area contributed by atoms with Crippen molar-refractivity contribution < 1.29 is 4.79 Å². The summed E-state index contributed by atoms with van der Waals surface area (Å²) >= 11 is 3.48. The molecule has 2 aromatic heterocycles. The SMILES string of the molecule is Cc1nn(CCC(=O)NCc2cnn(C)c2)c(C)c1Br. The van der Waals surface area contributed by atoms with E-state index in [0.717, 1.165) is 21.4 Å². The number of rotatable bonds is 5. The van der Waals surface area contributed by atoms with Crippen LogP contribution >= 0.6 is 15.9 Å². The van der Waals surface area contributed by atoms with Crippen molar-refractivity contribution >= 4 is 21.8 Å². The summed E-state index contributed by atoms with van der Waals surface area (Å²) in [6, 6.07) is 0. The van der Waals surface area contributed by atoms with Gasteiger partial charge in [0, 0.05) is 37.5 Å². The minimum Gasteiger partial charge on any atom is -0.352 e. The smallest absolute Gasteiger partial charge is 0.222 e. The van der Waals surface area contributed by atoms with E-state index in [-0.39, 0.29) is 5.91 Å². The number of aryl methyl sites for hydroxylation is 3. The van der Waals surface area contributed by atoms with Gasteiger partial charge < -0.3 is 5.32 Å². The Morgan fingerprint density at radius 3 is 2.75 bits per heavy atom. The minimum absolute atomic E-state index is 0.0116. The molecule has 0 saturated heterocycles. The lowest BCUT2D eigenvalue weighted by Crippen LogP contribution is -2.24. The summed E-state index contributed by atoms with van der Waals surface area (Å²) in [5, 5.41) is 11.3. The molecule has 0 radical (unpaired) electrons. The molecule has 2 heterocycles. The Morgan fingerprint density at radius 2 is 2.20 bits per heavy atom. The number of carbonyl (C=O) groups excluding carboxylic acids is 1. The molecule has 0 atom stereocenters. The Bertz CT molecular complexity index is 616. The van der Waals surface area contributed by atoms with Gasteiger partial charge in [-0.2, -0.15) is 10.2 Å². The van der Waals surface area contributed by atoms with Crippen LogP contribution in [0.2, 0.25) is 0 Å². The van der Waals surface area contributed by atoms with Crippen LogP contribution in [0, 0.1) is 13.8 Å². The van der Waals surface area contributed by atoms with Gasteiger partial charge in [-0.1, -0.05) is 0 Å². The van der Waals surface area contributed by atoms with Crippen molar-refractivity contribution in [3.63, 3.8) is 0 Å². The van der Waals surface area contributed by atoms with Crippen LogP contribution in [-0.4, -0.2) is 25.5 Å². The number of nitrogens with one attached hydrogen (secondary N) is 1. The lowest BCUT2D eigenvalue weighted by Gasteiger charge is -2.05. The first-order valence-electron chi connectivity index (χ1n) is 6.41. The molecule has 0 spiro atoms. The van der Waals surface area contributed by atoms with Crippen molar-refractivity contribution in [2.24, 2.45) is 7.05 Å². The number of halogens is 1. The Kier molecular flexibility index (Phi) is 4.59. The van der Waals surface area contributed by atoms with Gasteiger partial charge in [0.25, 0.3) is 0 Å². The van der Waals surface area contributed by atoms with E-state index in [1.165, 1.54) is 0 Å². The zero-order valence-electron chi connectivity index (χ0n) is 11.9. The highest BCUT2D eigenvalue weighted by molar-refractivity contribution is 9.10. The quantitative estimate of drug-likeness (QED) is 0.901. The first kappa shape index (κ1) is 14.8. The Morgan fingerprint density at radius 1 is 1.45 bits per heavy atom. The van der Waals surface area contributed by atoms with Gasteiger partial charge in [-0.25, -0.2) is 0 Å². The highest BCUT2D eigenvalue weighted by Crippen LogP contribution is 2.19. The van der Waals surface area contributed by atoms with Crippen LogP contribution in [0.15, 0.2) is 16.9 Å². The summed E-state index contributed by atoms with van der Waals surface area (Å²) in [7, 11) is 1.85. The molecule has 0 aromatic carbocycles. The van der Waals surface area contributed by atoms with Gasteiger partial charge in [0.1, 0.15) is 0 Å². The van der Waals surface area contributed by atoms with E-state index in [1.54, 1.807) is 10.9 Å². The molecule has 0 saturated carbocycles. The third-order valence-electron chi connectivity index (χ3n) is 3.09. The van der Waals surface area contributed by atoms with Crippen LogP contribution in [0.3, 0.4) is 0 Å². The second-order valence-corrected chi connectivity index (χ2v) is 5.55. The standard InChI is InChI=1S/C13H18BrN5O/c1-9-13(14)10(2)19(17-9)5-4-12(20)15-6-11-7-16-18(3)8-11/h7-8H,4-6H2,1-3H3,(H,15,20). The predicted molar refractivity (Wildman–Crippen MR) is 79.1 cm³/mol. The van der Waals surface area contributed by atoms with Gasteiger partial charge in [0.05, 0.1) is 22.9 Å². The second kappa shape index (κ2) is 6.21. The van der Waals surface area contributed by atoms with Crippen molar-refractivity contribution in [2.45, 2.75) is 33.4 Å². The number of nitrogens with zero attached hydrogens (tertiary/aromatic N) is 4. The summed E-state index contributed by atoms with van der Waals surface area (Å²) in [6.07, 6.45) is 4.05. The average Bonchev–Trinajstić information content (AvgIpc) is 2.93. The molecule has 1 N–H and O–H groups in total. The Balaban J connectivity index is 1.81. The maximum atomic E-state index is 11.8. The fraction of sp³-hybridized carbons (Fsp3) is 0.462. The zero-order chi connectivity index (χ0) is 14.7. The Hall–Kier alpha value is -1.63. The minimum atomic E-state index is 0.0116. The molecular weight excluding hydrogens is 322 g/mol. The summed E-state index contributed by atoms with van der Waals surface area (Å²) in [5.41, 5.74) is 2.98. The van der Waals surface area contributed by atoms with Gasteiger partial charge in [-0.3, -0.25) is 14.2 Å². The molecule has 108 valence electrons. The molecule has 0 unspecified atom stereocenters. The van der Waals surface area contributed by atoms with E-state index >= 15 is 0 Å². The maximum Gasteiger partial charge on any atom is 0.222 e. The third kappa shape index (κ3) is 3.47. The molecule has 0 fully saturated rings. The highest BCUT2D eigenvalue weighted by atomic mass is 79.9. The van der Waals surface area contributed by atoms with Crippen molar-refractivity contribution in [2.75, 3.05) is 0 Å². The van der Waals surface area contributed by atoms with Crippen LogP contribution in [-0.2, 0) is 24.9 Å². The first-order valence-corrected chi connectivity index (χ1v) is 7.20. The molecule has 1 amide bonds. The van der Waals surface area contributed by atoms with E-state index < -0.39 is 0 Å². The molecule has 2 rings (SSSR count). The summed E-state index contributed by atoms with van der Waals surface area (Å²) in [6.45, 7) is 5.01. The molecule has 0 aliphatic carbocycles. The number of hydrogen-bond acceptors (Lipinski definition) is 3. The van der Waals surface area contributed by atoms with Gasteiger partial charge in [-0.15, -0.1) is 0 Å². The van der Waals surface area contributed by atoms with E-state index in [0.29, 0.717) is 19.5 Å². The molecular formula is C13H18BrN5O. The van der Waals surface area contributed by atoms with E-state index in [1.807, 2.05) is 31.8 Å². The second-order valence-electron chi connectivity index (χ2n) is 4.76. The topological polar surface area (TPSA) is 64.7 Å². The van der Waals surface area contributed by atoms with Crippen LogP contribution in [0.25, 0.3) is 0 Å². The van der Waals surface area contributed by atoms with E-state index in [9.17, 15) is 4.79 Å². The maximum absolute atomic E-state index is 11.8. The van der Waals surface area contributed by atoms with Crippen LogP contribution in [0.1, 0.15) is 23.4 Å². The molecule has 0 aliphatic rings.